The van der Waals surface area contributed by atoms with Crippen LogP contribution in [0.1, 0.15) is 74.7 Å². The van der Waals surface area contributed by atoms with Gasteiger partial charge in [0.15, 0.2) is 0 Å². The minimum absolute atomic E-state index is 0. The molecule has 0 aromatic rings. The highest BCUT2D eigenvalue weighted by Gasteiger charge is 2.29. The summed E-state index contributed by atoms with van der Waals surface area (Å²) in [5, 5.41) is 0. The van der Waals surface area contributed by atoms with E-state index in [0.717, 1.165) is 43.7 Å². The Kier molecular flexibility index (Phi) is 11.3. The Bertz CT molecular complexity index is 511. The van der Waals surface area contributed by atoms with Crippen LogP contribution in [-0.2, 0) is 4.79 Å². The number of nitrogens with zero attached hydrogens (tertiary/aromatic N) is 2. The maximum Gasteiger partial charge on any atom is 0.231 e. The lowest BCUT2D eigenvalue weighted by Crippen LogP contribution is -2.42. The summed E-state index contributed by atoms with van der Waals surface area (Å²) < 4.78 is 0. The summed E-state index contributed by atoms with van der Waals surface area (Å²) in [4.78, 5) is 15.2. The zero-order valence-corrected chi connectivity index (χ0v) is 19.4. The van der Waals surface area contributed by atoms with Gasteiger partial charge < -0.3 is 10.6 Å². The Hall–Kier alpha value is -1.29. The molecule has 0 spiro atoms. The Morgan fingerprint density at radius 3 is 1.62 bits per heavy atom. The van der Waals surface area contributed by atoms with E-state index in [0.29, 0.717) is 17.4 Å². The number of likely N-dealkylation sites (tertiary alicyclic amines) is 2. The van der Waals surface area contributed by atoms with E-state index >= 15 is 0 Å². The largest absolute Gasteiger partial charge is 0.372 e. The highest BCUT2D eigenvalue weighted by molar-refractivity contribution is 5.75. The van der Waals surface area contributed by atoms with Gasteiger partial charge in [0.1, 0.15) is 0 Å². The van der Waals surface area contributed by atoms with Gasteiger partial charge in [0.2, 0.25) is 5.91 Å². The molecule has 1 amide bonds. The van der Waals surface area contributed by atoms with Crippen molar-refractivity contribution in [3.8, 4) is 0 Å². The summed E-state index contributed by atoms with van der Waals surface area (Å²) in [5.41, 5.74) is 7.11. The fourth-order valence-corrected chi connectivity index (χ4v) is 4.34. The highest BCUT2D eigenvalue weighted by atomic mass is 16.1. The summed E-state index contributed by atoms with van der Waals surface area (Å²) in [6.45, 7) is 26.4. The van der Waals surface area contributed by atoms with E-state index < -0.39 is 0 Å². The molecule has 2 N–H and O–H groups in total. The van der Waals surface area contributed by atoms with Crippen molar-refractivity contribution >= 4 is 5.91 Å². The Morgan fingerprint density at radius 1 is 0.931 bits per heavy atom. The average Bonchev–Trinajstić information content (AvgIpc) is 2.60. The highest BCUT2D eigenvalue weighted by Crippen LogP contribution is 2.35. The number of nitrogens with two attached hydrogens (primary N) is 1. The maximum atomic E-state index is 10.7. The van der Waals surface area contributed by atoms with E-state index in [2.05, 4.69) is 64.5 Å². The lowest BCUT2D eigenvalue weighted by Gasteiger charge is -2.39. The number of carbonyl (C=O) groups is 1. The molecule has 170 valence electrons. The smallest absolute Gasteiger partial charge is 0.231 e. The van der Waals surface area contributed by atoms with E-state index in [1.54, 1.807) is 0 Å². The SMILES string of the molecule is C.C=CC(=C)N1CCC(C(C)(C)C)CC1.CC(C)(C)C1CCN(CC(N)=O)CC1. The van der Waals surface area contributed by atoms with Gasteiger partial charge in [-0.15, -0.1) is 0 Å². The quantitative estimate of drug-likeness (QED) is 0.642. The zero-order chi connectivity index (χ0) is 21.5. The molecule has 4 heteroatoms. The van der Waals surface area contributed by atoms with Gasteiger partial charge in [-0.3, -0.25) is 9.69 Å². The van der Waals surface area contributed by atoms with Gasteiger partial charge in [0.05, 0.1) is 6.54 Å². The second-order valence-electron chi connectivity index (χ2n) is 10.7. The molecule has 0 aromatic carbocycles. The first-order valence-electron chi connectivity index (χ1n) is 10.9. The summed E-state index contributed by atoms with van der Waals surface area (Å²) in [7, 11) is 0. The predicted molar refractivity (Wildman–Crippen MR) is 128 cm³/mol. The van der Waals surface area contributed by atoms with Crippen LogP contribution in [0, 0.1) is 22.7 Å². The molecule has 0 unspecified atom stereocenters. The van der Waals surface area contributed by atoms with Gasteiger partial charge in [-0.1, -0.05) is 62.1 Å². The molecule has 4 nitrogen and oxygen atoms in total. The minimum Gasteiger partial charge on any atom is -0.372 e. The standard InChI is InChI=1S/C13H23N.C11H22N2O.CH4/c1-6-11(2)14-9-7-12(8-10-14)13(3,4)5;1-11(2,3)9-4-6-13(7-5-9)8-10(12)14;/h6,12H,1-2,7-10H2,3-5H3;9H,4-8H2,1-3H3,(H2,12,14);1H4. The van der Waals surface area contributed by atoms with Crippen molar-refractivity contribution in [1.29, 1.82) is 0 Å². The lowest BCUT2D eigenvalue weighted by atomic mass is 9.75. The first-order chi connectivity index (χ1) is 12.8. The second-order valence-corrected chi connectivity index (χ2v) is 10.7. The Morgan fingerprint density at radius 2 is 1.31 bits per heavy atom. The first kappa shape index (κ1) is 27.7. The topological polar surface area (TPSA) is 49.6 Å². The van der Waals surface area contributed by atoms with Crippen LogP contribution in [-0.4, -0.2) is 48.4 Å². The van der Waals surface area contributed by atoms with Crippen molar-refractivity contribution < 1.29 is 4.79 Å². The average molecular weight is 408 g/mol. The molecule has 0 bridgehead atoms. The van der Waals surface area contributed by atoms with E-state index in [1.165, 1.54) is 25.7 Å². The number of amides is 1. The molecular weight excluding hydrogens is 358 g/mol. The summed E-state index contributed by atoms with van der Waals surface area (Å²) in [6, 6.07) is 0. The number of allylic oxidation sites excluding steroid dienone is 1. The number of hydrogen-bond acceptors (Lipinski definition) is 3. The van der Waals surface area contributed by atoms with Crippen LogP contribution in [0.5, 0.6) is 0 Å². The van der Waals surface area contributed by atoms with Crippen LogP contribution in [0.4, 0.5) is 0 Å². The van der Waals surface area contributed by atoms with E-state index in [1.807, 2.05) is 6.08 Å². The van der Waals surface area contributed by atoms with Crippen LogP contribution in [0.15, 0.2) is 24.9 Å². The molecule has 2 rings (SSSR count). The molecule has 0 atom stereocenters. The third-order valence-electron chi connectivity index (χ3n) is 6.55. The molecule has 2 aliphatic rings. The van der Waals surface area contributed by atoms with Crippen LogP contribution < -0.4 is 5.73 Å². The lowest BCUT2D eigenvalue weighted by molar-refractivity contribution is -0.119. The predicted octanol–water partition coefficient (Wildman–Crippen LogP) is 5.31. The number of rotatable bonds is 4. The van der Waals surface area contributed by atoms with Gasteiger partial charge in [-0.05, 0) is 67.5 Å². The molecule has 2 saturated heterocycles. The normalized spacial score (nSPS) is 19.6. The monoisotopic (exact) mass is 407 g/mol. The zero-order valence-electron chi connectivity index (χ0n) is 19.4. The van der Waals surface area contributed by atoms with Crippen molar-refractivity contribution in [3.05, 3.63) is 24.9 Å². The maximum absolute atomic E-state index is 10.7. The van der Waals surface area contributed by atoms with Gasteiger partial charge in [0, 0.05) is 18.8 Å². The second kappa shape index (κ2) is 11.8. The third kappa shape index (κ3) is 9.84. The molecule has 2 aliphatic heterocycles. The van der Waals surface area contributed by atoms with Crippen molar-refractivity contribution in [2.45, 2.75) is 74.7 Å². The summed E-state index contributed by atoms with van der Waals surface area (Å²) in [5.74, 6) is 1.43. The molecule has 0 radical (unpaired) electrons. The summed E-state index contributed by atoms with van der Waals surface area (Å²) >= 11 is 0. The van der Waals surface area contributed by atoms with Crippen LogP contribution in [0.2, 0.25) is 0 Å². The molecule has 29 heavy (non-hydrogen) atoms. The van der Waals surface area contributed by atoms with Crippen molar-refractivity contribution in [3.63, 3.8) is 0 Å². The summed E-state index contributed by atoms with van der Waals surface area (Å²) in [6.07, 6.45) is 6.82. The molecule has 2 fully saturated rings. The molecule has 0 aromatic heterocycles. The Labute approximate surface area is 181 Å². The minimum atomic E-state index is -0.209. The first-order valence-corrected chi connectivity index (χ1v) is 10.9. The number of carbonyl (C=O) groups excluding carboxylic acids is 1. The molecule has 0 saturated carbocycles. The van der Waals surface area contributed by atoms with Crippen molar-refractivity contribution in [2.75, 3.05) is 32.7 Å². The molecule has 2 heterocycles. The van der Waals surface area contributed by atoms with E-state index in [-0.39, 0.29) is 13.3 Å². The van der Waals surface area contributed by atoms with Gasteiger partial charge in [0.25, 0.3) is 0 Å². The fraction of sp³-hybridized carbons (Fsp3) is 0.800. The van der Waals surface area contributed by atoms with Crippen molar-refractivity contribution in [2.24, 2.45) is 28.4 Å². The Balaban J connectivity index is 0.000000523. The third-order valence-corrected chi connectivity index (χ3v) is 6.55. The van der Waals surface area contributed by atoms with Crippen LogP contribution >= 0.6 is 0 Å². The van der Waals surface area contributed by atoms with Gasteiger partial charge in [-0.25, -0.2) is 0 Å². The number of piperidine rings is 2. The van der Waals surface area contributed by atoms with Gasteiger partial charge >= 0.3 is 0 Å². The van der Waals surface area contributed by atoms with E-state index in [4.69, 9.17) is 5.73 Å². The molecule has 0 aliphatic carbocycles. The van der Waals surface area contributed by atoms with Crippen LogP contribution in [0.3, 0.4) is 0 Å². The number of primary amides is 1. The fourth-order valence-electron chi connectivity index (χ4n) is 4.34. The van der Waals surface area contributed by atoms with Crippen molar-refractivity contribution in [1.82, 2.24) is 9.80 Å². The van der Waals surface area contributed by atoms with E-state index in [9.17, 15) is 4.79 Å². The number of hydrogen-bond donors (Lipinski definition) is 1. The van der Waals surface area contributed by atoms with Crippen LogP contribution in [0.25, 0.3) is 0 Å². The van der Waals surface area contributed by atoms with Gasteiger partial charge in [-0.2, -0.15) is 0 Å². The molecular formula is C25H49N3O.